The maximum absolute atomic E-state index is 6.38. The fourth-order valence-electron chi connectivity index (χ4n) is 2.77. The minimum atomic E-state index is 0.241. The van der Waals surface area contributed by atoms with E-state index in [1.54, 1.807) is 12.3 Å². The van der Waals surface area contributed by atoms with Gasteiger partial charge in [-0.25, -0.2) is 9.97 Å². The van der Waals surface area contributed by atoms with Crippen molar-refractivity contribution in [3.05, 3.63) is 46.4 Å². The van der Waals surface area contributed by atoms with Crippen LogP contribution < -0.4 is 9.47 Å². The molecule has 1 aliphatic rings. The van der Waals surface area contributed by atoms with Gasteiger partial charge < -0.3 is 14.0 Å². The summed E-state index contributed by atoms with van der Waals surface area (Å²) >= 11 is 6.38. The predicted molar refractivity (Wildman–Crippen MR) is 83.7 cm³/mol. The van der Waals surface area contributed by atoms with Gasteiger partial charge in [0.25, 0.3) is 0 Å². The van der Waals surface area contributed by atoms with Crippen molar-refractivity contribution in [1.82, 2.24) is 14.5 Å². The number of fused-ring (bicyclic) bond motifs is 2. The second-order valence-corrected chi connectivity index (χ2v) is 5.75. The van der Waals surface area contributed by atoms with Crippen molar-refractivity contribution < 1.29 is 9.47 Å². The molecule has 0 amide bonds. The highest BCUT2D eigenvalue weighted by Crippen LogP contribution is 2.37. The van der Waals surface area contributed by atoms with Crippen molar-refractivity contribution in [2.75, 3.05) is 6.79 Å². The Balaban J connectivity index is 1.83. The minimum absolute atomic E-state index is 0.241. The summed E-state index contributed by atoms with van der Waals surface area (Å²) in [4.78, 5) is 8.86. The zero-order valence-corrected chi connectivity index (χ0v) is 13.0. The standard InChI is InChI=1S/C16H14ClN3O2/c1-9-3-4-18-16-15(9)20(10(2)19-16)7-11-5-13-14(6-12(11)17)22-8-21-13/h3-6H,7-8H2,1-2H3. The fraction of sp³-hybridized carbons (Fsp3) is 0.250. The van der Waals surface area contributed by atoms with Crippen LogP contribution in [0.2, 0.25) is 5.02 Å². The first kappa shape index (κ1) is 13.4. The van der Waals surface area contributed by atoms with Crippen LogP contribution in [0, 0.1) is 13.8 Å². The minimum Gasteiger partial charge on any atom is -0.454 e. The highest BCUT2D eigenvalue weighted by atomic mass is 35.5. The number of nitrogens with zero attached hydrogens (tertiary/aromatic N) is 3. The summed E-state index contributed by atoms with van der Waals surface area (Å²) < 4.78 is 12.9. The second-order valence-electron chi connectivity index (χ2n) is 5.34. The van der Waals surface area contributed by atoms with Crippen molar-refractivity contribution in [1.29, 1.82) is 0 Å². The molecule has 6 heteroatoms. The number of hydrogen-bond acceptors (Lipinski definition) is 4. The molecule has 4 rings (SSSR count). The zero-order valence-electron chi connectivity index (χ0n) is 12.3. The molecule has 0 aliphatic carbocycles. The number of benzene rings is 1. The van der Waals surface area contributed by atoms with E-state index in [1.807, 2.05) is 19.1 Å². The van der Waals surface area contributed by atoms with Gasteiger partial charge in [-0.15, -0.1) is 0 Å². The molecular formula is C16H14ClN3O2. The molecular weight excluding hydrogens is 302 g/mol. The molecule has 3 heterocycles. The van der Waals surface area contributed by atoms with Crippen LogP contribution in [0.4, 0.5) is 0 Å². The van der Waals surface area contributed by atoms with E-state index in [9.17, 15) is 0 Å². The number of rotatable bonds is 2. The number of halogens is 1. The molecule has 5 nitrogen and oxygen atoms in total. The smallest absolute Gasteiger partial charge is 0.231 e. The average molecular weight is 316 g/mol. The normalized spacial score (nSPS) is 13.0. The van der Waals surface area contributed by atoms with E-state index in [2.05, 4.69) is 21.5 Å². The van der Waals surface area contributed by atoms with Crippen molar-refractivity contribution in [3.63, 3.8) is 0 Å². The van der Waals surface area contributed by atoms with Crippen LogP contribution in [-0.4, -0.2) is 21.3 Å². The van der Waals surface area contributed by atoms with Crippen LogP contribution in [0.25, 0.3) is 11.2 Å². The molecule has 0 N–H and O–H groups in total. The van der Waals surface area contributed by atoms with Gasteiger partial charge in [0.15, 0.2) is 17.1 Å². The largest absolute Gasteiger partial charge is 0.454 e. The molecule has 0 saturated carbocycles. The van der Waals surface area contributed by atoms with Crippen molar-refractivity contribution in [3.8, 4) is 11.5 Å². The lowest BCUT2D eigenvalue weighted by Gasteiger charge is -2.11. The van der Waals surface area contributed by atoms with Gasteiger partial charge in [-0.1, -0.05) is 11.6 Å². The molecule has 0 saturated heterocycles. The first-order valence-electron chi connectivity index (χ1n) is 7.00. The van der Waals surface area contributed by atoms with Gasteiger partial charge in [-0.05, 0) is 37.1 Å². The Kier molecular flexibility index (Phi) is 2.97. The Morgan fingerprint density at radius 1 is 1.23 bits per heavy atom. The summed E-state index contributed by atoms with van der Waals surface area (Å²) in [6.07, 6.45) is 1.78. The van der Waals surface area contributed by atoms with Gasteiger partial charge in [0.1, 0.15) is 5.82 Å². The third-order valence-electron chi connectivity index (χ3n) is 3.91. The molecule has 0 bridgehead atoms. The summed E-state index contributed by atoms with van der Waals surface area (Å²) in [5, 5.41) is 0.659. The first-order valence-corrected chi connectivity index (χ1v) is 7.38. The molecule has 1 aromatic carbocycles. The second kappa shape index (κ2) is 4.88. The molecule has 0 radical (unpaired) electrons. The van der Waals surface area contributed by atoms with Gasteiger partial charge in [0.05, 0.1) is 12.1 Å². The molecule has 0 atom stereocenters. The molecule has 112 valence electrons. The molecule has 3 aromatic rings. The number of hydrogen-bond donors (Lipinski definition) is 0. The van der Waals surface area contributed by atoms with E-state index in [-0.39, 0.29) is 6.79 Å². The summed E-state index contributed by atoms with van der Waals surface area (Å²) in [6.45, 7) is 4.89. The van der Waals surface area contributed by atoms with E-state index < -0.39 is 0 Å². The number of pyridine rings is 1. The Labute approximate surface area is 132 Å². The van der Waals surface area contributed by atoms with Crippen LogP contribution in [0.5, 0.6) is 11.5 Å². The van der Waals surface area contributed by atoms with Crippen LogP contribution in [-0.2, 0) is 6.54 Å². The lowest BCUT2D eigenvalue weighted by atomic mass is 10.2. The highest BCUT2D eigenvalue weighted by Gasteiger charge is 2.18. The molecule has 1 aliphatic heterocycles. The van der Waals surface area contributed by atoms with Crippen LogP contribution in [0.1, 0.15) is 17.0 Å². The maximum atomic E-state index is 6.38. The Hall–Kier alpha value is -2.27. The lowest BCUT2D eigenvalue weighted by Crippen LogP contribution is -2.03. The summed E-state index contributed by atoms with van der Waals surface area (Å²) in [6, 6.07) is 5.72. The SMILES string of the molecule is Cc1ccnc2nc(C)n(Cc3cc4c(cc3Cl)OCO4)c12. The number of aryl methyl sites for hydroxylation is 2. The van der Waals surface area contributed by atoms with Crippen LogP contribution >= 0.6 is 11.6 Å². The fourth-order valence-corrected chi connectivity index (χ4v) is 2.98. The van der Waals surface area contributed by atoms with E-state index in [0.717, 1.165) is 33.9 Å². The third-order valence-corrected chi connectivity index (χ3v) is 4.26. The zero-order chi connectivity index (χ0) is 15.3. The third kappa shape index (κ3) is 2.01. The topological polar surface area (TPSA) is 49.2 Å². The predicted octanol–water partition coefficient (Wildman–Crippen LogP) is 3.48. The van der Waals surface area contributed by atoms with E-state index in [1.165, 1.54) is 0 Å². The number of aromatic nitrogens is 3. The first-order chi connectivity index (χ1) is 10.6. The molecule has 22 heavy (non-hydrogen) atoms. The Morgan fingerprint density at radius 2 is 2.00 bits per heavy atom. The Bertz CT molecular complexity index is 889. The van der Waals surface area contributed by atoms with Crippen molar-refractivity contribution in [2.24, 2.45) is 0 Å². The summed E-state index contributed by atoms with van der Waals surface area (Å²) in [5.74, 6) is 2.33. The van der Waals surface area contributed by atoms with Crippen LogP contribution in [0.15, 0.2) is 24.4 Å². The molecule has 2 aromatic heterocycles. The highest BCUT2D eigenvalue weighted by molar-refractivity contribution is 6.31. The number of ether oxygens (including phenoxy) is 2. The van der Waals surface area contributed by atoms with E-state index in [0.29, 0.717) is 17.3 Å². The van der Waals surface area contributed by atoms with E-state index in [4.69, 9.17) is 21.1 Å². The van der Waals surface area contributed by atoms with Gasteiger partial charge in [-0.3, -0.25) is 0 Å². The summed E-state index contributed by atoms with van der Waals surface area (Å²) in [7, 11) is 0. The maximum Gasteiger partial charge on any atom is 0.231 e. The summed E-state index contributed by atoms with van der Waals surface area (Å²) in [5.41, 5.74) is 3.90. The van der Waals surface area contributed by atoms with Gasteiger partial charge in [0.2, 0.25) is 6.79 Å². The monoisotopic (exact) mass is 315 g/mol. The van der Waals surface area contributed by atoms with Gasteiger partial charge >= 0.3 is 0 Å². The number of imidazole rings is 1. The molecule has 0 unspecified atom stereocenters. The van der Waals surface area contributed by atoms with Gasteiger partial charge in [-0.2, -0.15) is 0 Å². The quantitative estimate of drug-likeness (QED) is 0.726. The molecule has 0 fully saturated rings. The Morgan fingerprint density at radius 3 is 2.82 bits per heavy atom. The molecule has 0 spiro atoms. The van der Waals surface area contributed by atoms with E-state index >= 15 is 0 Å². The van der Waals surface area contributed by atoms with Gasteiger partial charge in [0, 0.05) is 17.3 Å². The van der Waals surface area contributed by atoms with Crippen molar-refractivity contribution in [2.45, 2.75) is 20.4 Å². The van der Waals surface area contributed by atoms with Crippen LogP contribution in [0.3, 0.4) is 0 Å². The lowest BCUT2D eigenvalue weighted by molar-refractivity contribution is 0.174. The average Bonchev–Trinajstić information content (AvgIpc) is 3.04. The van der Waals surface area contributed by atoms with Crippen molar-refractivity contribution >= 4 is 22.8 Å².